The monoisotopic (exact) mass is 632 g/mol. The summed E-state index contributed by atoms with van der Waals surface area (Å²) < 4.78 is 54.5. The zero-order valence-electron chi connectivity index (χ0n) is 18.0. The van der Waals surface area contributed by atoms with Gasteiger partial charge >= 0.3 is 24.8 Å². The van der Waals surface area contributed by atoms with Gasteiger partial charge in [0.25, 0.3) is 5.56 Å². The molecule has 4 unspecified atom stereocenters. The largest absolute Gasteiger partial charge is 0.697 e. The summed E-state index contributed by atoms with van der Waals surface area (Å²) in [6, 6.07) is 1.86. The predicted molar refractivity (Wildman–Crippen MR) is 115 cm³/mol. The SMILES string of the molecule is CC1C(O[P+](=O)OCCC#N)[C@H](n2cnc3c(=O)[nH]c(N)nc32)O[C@@H]1CO[PH](=O)O.O=[PH](O)O.[Y]. The number of imidazole rings is 1. The maximum absolute atomic E-state index is 12.2. The molecule has 1 aliphatic rings. The van der Waals surface area contributed by atoms with Gasteiger partial charge in [-0.2, -0.15) is 10.2 Å². The molecule has 0 amide bonds. The van der Waals surface area contributed by atoms with Crippen LogP contribution in [0.1, 0.15) is 19.6 Å². The zero-order valence-corrected chi connectivity index (χ0v) is 23.7. The Kier molecular flexibility index (Phi) is 14.0. The number of nitrogen functional groups attached to an aromatic ring is 1. The molecule has 1 saturated heterocycles. The van der Waals surface area contributed by atoms with Crippen molar-refractivity contribution in [2.75, 3.05) is 18.9 Å². The number of rotatable bonds is 9. The fourth-order valence-corrected chi connectivity index (χ4v) is 4.10. The minimum absolute atomic E-state index is 0. The van der Waals surface area contributed by atoms with Gasteiger partial charge in [-0.15, -0.1) is 9.05 Å². The Labute approximate surface area is 224 Å². The Morgan fingerprint density at radius 2 is 2.06 bits per heavy atom. The van der Waals surface area contributed by atoms with Crippen molar-refractivity contribution in [1.82, 2.24) is 19.5 Å². The summed E-state index contributed by atoms with van der Waals surface area (Å²) in [5.41, 5.74) is 5.19. The fraction of sp³-hybridized carbons (Fsp3) is 0.571. The smallest absolute Gasteiger partial charge is 0.369 e. The molecule has 6 N–H and O–H groups in total. The van der Waals surface area contributed by atoms with E-state index in [1.165, 1.54) is 10.9 Å². The topological polar surface area (TPSA) is 262 Å². The molecule has 21 heteroatoms. The second-order valence-electron chi connectivity index (χ2n) is 6.59. The molecule has 35 heavy (non-hydrogen) atoms. The van der Waals surface area contributed by atoms with Gasteiger partial charge in [0.15, 0.2) is 23.5 Å². The molecular weight excluding hydrogens is 610 g/mol. The van der Waals surface area contributed by atoms with Crippen LogP contribution in [-0.2, 0) is 64.7 Å². The van der Waals surface area contributed by atoms with Gasteiger partial charge in [-0.1, -0.05) is 6.92 Å². The first-order valence-electron chi connectivity index (χ1n) is 9.34. The van der Waals surface area contributed by atoms with Crippen LogP contribution in [0.2, 0.25) is 0 Å². The first-order chi connectivity index (χ1) is 16.0. The van der Waals surface area contributed by atoms with Gasteiger partial charge in [0.1, 0.15) is 6.61 Å². The van der Waals surface area contributed by atoms with Crippen molar-refractivity contribution in [3.05, 3.63) is 16.7 Å². The number of nitrogens with one attached hydrogen (secondary N) is 1. The summed E-state index contributed by atoms with van der Waals surface area (Å²) in [5, 5.41) is 8.56. The van der Waals surface area contributed by atoms with E-state index in [0.29, 0.717) is 0 Å². The van der Waals surface area contributed by atoms with Gasteiger partial charge in [0.05, 0.1) is 31.5 Å². The molecule has 3 heterocycles. The number of fused-ring (bicyclic) bond motifs is 1. The number of anilines is 1. The van der Waals surface area contributed by atoms with E-state index in [1.807, 2.05) is 6.07 Å². The maximum Gasteiger partial charge on any atom is 0.697 e. The van der Waals surface area contributed by atoms with Crippen LogP contribution in [-0.4, -0.2) is 59.6 Å². The van der Waals surface area contributed by atoms with Crippen LogP contribution >= 0.6 is 24.8 Å². The van der Waals surface area contributed by atoms with E-state index in [9.17, 15) is 13.9 Å². The van der Waals surface area contributed by atoms with E-state index in [0.717, 1.165) is 0 Å². The molecule has 1 fully saturated rings. The standard InChI is InChI=1S/C14H18N6O8P2.H3O3P.Y/c1-7-8(5-26-29(22)23)27-13(10(7)28-30(24)25-4-2-3-15)20-6-17-9-11(20)18-14(16)19-12(9)21;1-4(2)3;/h6-8,10,13,29H,2,4-5H2,1H3,(H3-,16,18,19,21,22,23);4H,(H2,1,2,3);/p+1/t7?,8-,10?,13-;;/m1../s1. The third kappa shape index (κ3) is 9.44. The molecule has 0 aromatic carbocycles. The average Bonchev–Trinajstić information content (AvgIpc) is 3.28. The number of hydrogen-bond donors (Lipinski definition) is 5. The molecule has 1 aliphatic heterocycles. The van der Waals surface area contributed by atoms with Crippen LogP contribution in [0.15, 0.2) is 11.1 Å². The van der Waals surface area contributed by atoms with Crippen LogP contribution in [0.25, 0.3) is 11.2 Å². The molecule has 0 saturated carbocycles. The van der Waals surface area contributed by atoms with Crippen LogP contribution < -0.4 is 11.3 Å². The minimum atomic E-state index is -3.19. The van der Waals surface area contributed by atoms with E-state index < -0.39 is 54.7 Å². The quantitative estimate of drug-likeness (QED) is 0.179. The summed E-state index contributed by atoms with van der Waals surface area (Å²) in [6.07, 6.45) is -1.23. The molecule has 3 rings (SSSR count). The predicted octanol–water partition coefficient (Wildman–Crippen LogP) is -0.0350. The van der Waals surface area contributed by atoms with Crippen molar-refractivity contribution < 1.29 is 79.4 Å². The Bertz CT molecular complexity index is 1150. The summed E-state index contributed by atoms with van der Waals surface area (Å²) in [7, 11) is -8.92. The van der Waals surface area contributed by atoms with Crippen molar-refractivity contribution in [2.24, 2.45) is 5.92 Å². The summed E-state index contributed by atoms with van der Waals surface area (Å²) in [6.45, 7) is 1.40. The van der Waals surface area contributed by atoms with E-state index in [-0.39, 0.29) is 69.5 Å². The Morgan fingerprint density at radius 1 is 1.40 bits per heavy atom. The van der Waals surface area contributed by atoms with Crippen LogP contribution in [0.4, 0.5) is 5.95 Å². The Hall–Kier alpha value is -0.976. The van der Waals surface area contributed by atoms with Gasteiger partial charge in [0.2, 0.25) is 5.95 Å². The summed E-state index contributed by atoms with van der Waals surface area (Å²) in [5.74, 6) is -0.603. The normalized spacial score (nSPS) is 22.7. The number of nitrogens with zero attached hydrogens (tertiary/aromatic N) is 4. The number of nitriles is 1. The van der Waals surface area contributed by atoms with Crippen LogP contribution in [0, 0.1) is 17.2 Å². The van der Waals surface area contributed by atoms with Crippen molar-refractivity contribution in [1.29, 1.82) is 5.26 Å². The van der Waals surface area contributed by atoms with Gasteiger partial charge < -0.3 is 29.7 Å². The van der Waals surface area contributed by atoms with Crippen LogP contribution in [0.5, 0.6) is 0 Å². The molecule has 0 bridgehead atoms. The van der Waals surface area contributed by atoms with Crippen molar-refractivity contribution in [3.63, 3.8) is 0 Å². The first-order valence-corrected chi connectivity index (χ1v) is 13.0. The number of hydrogen-bond acceptors (Lipinski definition) is 12. The van der Waals surface area contributed by atoms with Gasteiger partial charge in [-0.05, 0) is 0 Å². The van der Waals surface area contributed by atoms with Crippen molar-refractivity contribution in [2.45, 2.75) is 31.8 Å². The summed E-state index contributed by atoms with van der Waals surface area (Å²) >= 11 is 0. The molecule has 0 aliphatic carbocycles. The average molecular weight is 632 g/mol. The summed E-state index contributed by atoms with van der Waals surface area (Å²) in [4.78, 5) is 45.7. The van der Waals surface area contributed by atoms with E-state index in [1.54, 1.807) is 6.92 Å². The van der Waals surface area contributed by atoms with Crippen molar-refractivity contribution >= 4 is 41.9 Å². The molecule has 2 aromatic rings. The number of nitrogens with two attached hydrogens (primary N) is 1. The molecule has 6 atom stereocenters. The van der Waals surface area contributed by atoms with Gasteiger partial charge in [-0.25, -0.2) is 4.98 Å². The molecule has 0 spiro atoms. The number of aromatic nitrogens is 4. The number of ether oxygens (including phenoxy) is 1. The second-order valence-corrected chi connectivity index (χ2v) is 8.90. The van der Waals surface area contributed by atoms with E-state index >= 15 is 0 Å². The molecule has 191 valence electrons. The Morgan fingerprint density at radius 3 is 2.66 bits per heavy atom. The molecule has 2 aromatic heterocycles. The second kappa shape index (κ2) is 15.3. The number of H-pyrrole nitrogens is 1. The zero-order chi connectivity index (χ0) is 25.4. The van der Waals surface area contributed by atoms with E-state index in [4.69, 9.17) is 48.5 Å². The fourth-order valence-electron chi connectivity index (χ4n) is 2.99. The first kappa shape index (κ1) is 32.1. The minimum Gasteiger partial charge on any atom is -0.369 e. The van der Waals surface area contributed by atoms with Crippen molar-refractivity contribution in [3.8, 4) is 6.07 Å². The van der Waals surface area contributed by atoms with Gasteiger partial charge in [-0.3, -0.25) is 23.5 Å². The molecule has 1 radical (unpaired) electrons. The van der Waals surface area contributed by atoms with E-state index in [2.05, 4.69) is 15.0 Å². The molecular formula is C14H22N6O11P3Y+. The molecule has 17 nitrogen and oxygen atoms in total. The Balaban J connectivity index is 0.00000114. The third-order valence-electron chi connectivity index (χ3n) is 4.41. The van der Waals surface area contributed by atoms with Gasteiger partial charge in [0, 0.05) is 43.2 Å². The number of aromatic amines is 1. The van der Waals surface area contributed by atoms with Crippen LogP contribution in [0.3, 0.4) is 0 Å². The maximum atomic E-state index is 12.2. The third-order valence-corrected chi connectivity index (χ3v) is 5.64.